The van der Waals surface area contributed by atoms with Crippen LogP contribution in [0.4, 0.5) is 0 Å². The second-order valence-electron chi connectivity index (χ2n) is 4.22. The van der Waals surface area contributed by atoms with Crippen molar-refractivity contribution in [2.75, 3.05) is 6.61 Å². The van der Waals surface area contributed by atoms with Gasteiger partial charge in [-0.05, 0) is 37.0 Å². The monoisotopic (exact) mass is 166 g/mol. The smallest absolute Gasteiger partial charge is 0.0465 e. The van der Waals surface area contributed by atoms with Crippen LogP contribution in [0.5, 0.6) is 0 Å². The van der Waals surface area contributed by atoms with E-state index in [0.29, 0.717) is 12.5 Å². The lowest BCUT2D eigenvalue weighted by Gasteiger charge is -2.37. The van der Waals surface area contributed by atoms with Crippen LogP contribution in [0.1, 0.15) is 32.1 Å². The van der Waals surface area contributed by atoms with E-state index in [2.05, 4.69) is 12.2 Å². The van der Waals surface area contributed by atoms with Crippen molar-refractivity contribution in [2.45, 2.75) is 32.1 Å². The van der Waals surface area contributed by atoms with E-state index in [-0.39, 0.29) is 0 Å². The molecule has 12 heavy (non-hydrogen) atoms. The van der Waals surface area contributed by atoms with Crippen molar-refractivity contribution in [3.8, 4) is 0 Å². The van der Waals surface area contributed by atoms with Gasteiger partial charge in [-0.2, -0.15) is 0 Å². The quantitative estimate of drug-likeness (QED) is 0.593. The summed E-state index contributed by atoms with van der Waals surface area (Å²) in [7, 11) is 0. The van der Waals surface area contributed by atoms with Gasteiger partial charge in [-0.3, -0.25) is 0 Å². The van der Waals surface area contributed by atoms with Crippen molar-refractivity contribution in [1.29, 1.82) is 0 Å². The van der Waals surface area contributed by atoms with Gasteiger partial charge in [-0.25, -0.2) is 0 Å². The topological polar surface area (TPSA) is 20.2 Å². The molecular weight excluding hydrogens is 148 g/mol. The van der Waals surface area contributed by atoms with Crippen LogP contribution in [0.15, 0.2) is 12.2 Å². The van der Waals surface area contributed by atoms with E-state index in [1.807, 2.05) is 0 Å². The Morgan fingerprint density at radius 2 is 2.08 bits per heavy atom. The van der Waals surface area contributed by atoms with Crippen molar-refractivity contribution in [3.05, 3.63) is 12.2 Å². The molecule has 2 aliphatic carbocycles. The van der Waals surface area contributed by atoms with Gasteiger partial charge in [0.25, 0.3) is 0 Å². The van der Waals surface area contributed by atoms with Crippen molar-refractivity contribution < 1.29 is 5.11 Å². The predicted molar refractivity (Wildman–Crippen MR) is 49.8 cm³/mol. The Morgan fingerprint density at radius 3 is 2.92 bits per heavy atom. The minimum Gasteiger partial charge on any atom is -0.396 e. The average molecular weight is 166 g/mol. The van der Waals surface area contributed by atoms with Crippen LogP contribution >= 0.6 is 0 Å². The summed E-state index contributed by atoms with van der Waals surface area (Å²) in [5.41, 5.74) is 0. The number of aliphatic hydroxyl groups is 1. The summed E-state index contributed by atoms with van der Waals surface area (Å²) in [5, 5.41) is 9.20. The van der Waals surface area contributed by atoms with Crippen LogP contribution in [-0.4, -0.2) is 11.7 Å². The van der Waals surface area contributed by atoms with E-state index in [9.17, 15) is 5.11 Å². The van der Waals surface area contributed by atoms with Crippen LogP contribution in [-0.2, 0) is 0 Å². The third kappa shape index (κ3) is 1.42. The first-order valence-electron chi connectivity index (χ1n) is 5.19. The Morgan fingerprint density at radius 1 is 1.25 bits per heavy atom. The van der Waals surface area contributed by atoms with Gasteiger partial charge in [0, 0.05) is 6.61 Å². The van der Waals surface area contributed by atoms with Crippen molar-refractivity contribution >= 4 is 0 Å². The second-order valence-corrected chi connectivity index (χ2v) is 4.22. The molecule has 0 aromatic heterocycles. The molecule has 0 saturated heterocycles. The Kier molecular flexibility index (Phi) is 2.50. The Labute approximate surface area is 74.5 Å². The molecule has 0 bridgehead atoms. The highest BCUT2D eigenvalue weighted by Crippen LogP contribution is 2.40. The lowest BCUT2D eigenvalue weighted by atomic mass is 9.69. The lowest BCUT2D eigenvalue weighted by Crippen LogP contribution is -2.30. The number of aliphatic hydroxyl groups excluding tert-OH is 1. The summed E-state index contributed by atoms with van der Waals surface area (Å²) in [6.45, 7) is 0.394. The van der Waals surface area contributed by atoms with Gasteiger partial charge in [-0.1, -0.05) is 25.0 Å². The van der Waals surface area contributed by atoms with E-state index in [1.165, 1.54) is 25.7 Å². The summed E-state index contributed by atoms with van der Waals surface area (Å²) >= 11 is 0. The van der Waals surface area contributed by atoms with Gasteiger partial charge in [0.2, 0.25) is 0 Å². The van der Waals surface area contributed by atoms with E-state index >= 15 is 0 Å². The minimum absolute atomic E-state index is 0.394. The maximum atomic E-state index is 9.20. The first-order valence-corrected chi connectivity index (χ1v) is 5.19. The summed E-state index contributed by atoms with van der Waals surface area (Å²) in [4.78, 5) is 0. The molecule has 2 aliphatic rings. The van der Waals surface area contributed by atoms with Crippen molar-refractivity contribution in [1.82, 2.24) is 0 Å². The molecule has 3 unspecified atom stereocenters. The fraction of sp³-hybridized carbons (Fsp3) is 0.818. The van der Waals surface area contributed by atoms with Gasteiger partial charge in [0.15, 0.2) is 0 Å². The zero-order chi connectivity index (χ0) is 8.39. The summed E-state index contributed by atoms with van der Waals surface area (Å²) < 4.78 is 0. The minimum atomic E-state index is 0.394. The molecule has 1 N–H and O–H groups in total. The summed E-state index contributed by atoms with van der Waals surface area (Å²) in [6.07, 6.45) is 11.2. The number of fused-ring (bicyclic) bond motifs is 1. The molecule has 0 aliphatic heterocycles. The predicted octanol–water partition coefficient (Wildman–Crippen LogP) is 2.36. The molecule has 1 fully saturated rings. The van der Waals surface area contributed by atoms with Gasteiger partial charge < -0.3 is 5.11 Å². The van der Waals surface area contributed by atoms with E-state index in [0.717, 1.165) is 18.3 Å². The number of hydrogen-bond donors (Lipinski definition) is 1. The molecule has 0 aromatic rings. The van der Waals surface area contributed by atoms with Gasteiger partial charge in [0.1, 0.15) is 0 Å². The largest absolute Gasteiger partial charge is 0.396 e. The highest BCUT2D eigenvalue weighted by molar-refractivity contribution is 5.01. The molecule has 0 spiro atoms. The second kappa shape index (κ2) is 3.61. The lowest BCUT2D eigenvalue weighted by molar-refractivity contribution is 0.114. The van der Waals surface area contributed by atoms with Crippen molar-refractivity contribution in [3.63, 3.8) is 0 Å². The molecule has 0 aromatic carbocycles. The van der Waals surface area contributed by atoms with Crippen LogP contribution in [0, 0.1) is 17.8 Å². The molecule has 1 nitrogen and oxygen atoms in total. The standard InChI is InChI=1S/C11H18O/c12-8-10-6-3-5-9-4-1-2-7-11(9)10/h3,5,9-12H,1-2,4,6-8H2. The van der Waals surface area contributed by atoms with E-state index in [1.54, 1.807) is 0 Å². The first kappa shape index (κ1) is 8.31. The van der Waals surface area contributed by atoms with E-state index in [4.69, 9.17) is 0 Å². The maximum Gasteiger partial charge on any atom is 0.0465 e. The number of hydrogen-bond acceptors (Lipinski definition) is 1. The average Bonchev–Trinajstić information content (AvgIpc) is 2.17. The zero-order valence-electron chi connectivity index (χ0n) is 7.58. The number of allylic oxidation sites excluding steroid dienone is 2. The van der Waals surface area contributed by atoms with Crippen LogP contribution < -0.4 is 0 Å². The molecule has 3 atom stereocenters. The molecule has 0 heterocycles. The molecular formula is C11H18O. The molecule has 68 valence electrons. The molecule has 2 rings (SSSR count). The fourth-order valence-corrected chi connectivity index (χ4v) is 2.83. The number of rotatable bonds is 1. The van der Waals surface area contributed by atoms with Crippen LogP contribution in [0.3, 0.4) is 0 Å². The zero-order valence-corrected chi connectivity index (χ0v) is 7.58. The Bertz CT molecular complexity index is 174. The highest BCUT2D eigenvalue weighted by atomic mass is 16.3. The van der Waals surface area contributed by atoms with Gasteiger partial charge in [-0.15, -0.1) is 0 Å². The molecule has 1 heteroatoms. The molecule has 0 amide bonds. The Balaban J connectivity index is 2.07. The Hall–Kier alpha value is -0.300. The normalized spacial score (nSPS) is 40.9. The van der Waals surface area contributed by atoms with Crippen molar-refractivity contribution in [2.24, 2.45) is 17.8 Å². The third-order valence-corrected chi connectivity index (χ3v) is 3.54. The van der Waals surface area contributed by atoms with Gasteiger partial charge in [0.05, 0.1) is 0 Å². The van der Waals surface area contributed by atoms with E-state index < -0.39 is 0 Å². The fourth-order valence-electron chi connectivity index (χ4n) is 2.83. The first-order chi connectivity index (χ1) is 5.92. The summed E-state index contributed by atoms with van der Waals surface area (Å²) in [5.74, 6) is 2.17. The summed E-state index contributed by atoms with van der Waals surface area (Å²) in [6, 6.07) is 0. The van der Waals surface area contributed by atoms with Crippen LogP contribution in [0.25, 0.3) is 0 Å². The molecule has 1 saturated carbocycles. The SMILES string of the molecule is OCC1CC=CC2CCCCC21. The highest BCUT2D eigenvalue weighted by Gasteiger charge is 2.31. The van der Waals surface area contributed by atoms with Gasteiger partial charge >= 0.3 is 0 Å². The maximum absolute atomic E-state index is 9.20. The third-order valence-electron chi connectivity index (χ3n) is 3.54. The molecule has 0 radical (unpaired) electrons. The van der Waals surface area contributed by atoms with Crippen LogP contribution in [0.2, 0.25) is 0 Å².